The summed E-state index contributed by atoms with van der Waals surface area (Å²) in [4.78, 5) is 22.0. The second kappa shape index (κ2) is 5.92. The number of carbonyl (C=O) groups excluding carboxylic acids is 1. The van der Waals surface area contributed by atoms with E-state index in [1.807, 2.05) is 0 Å². The second-order valence-electron chi connectivity index (χ2n) is 4.49. The highest BCUT2D eigenvalue weighted by Crippen LogP contribution is 2.19. The number of nitro benzene ring substituents is 1. The molecule has 7 nitrogen and oxygen atoms in total. The van der Waals surface area contributed by atoms with E-state index in [1.165, 1.54) is 28.9 Å². The summed E-state index contributed by atoms with van der Waals surface area (Å²) in [7, 11) is 0. The van der Waals surface area contributed by atoms with Crippen molar-refractivity contribution in [3.05, 3.63) is 50.8 Å². The molecule has 0 spiro atoms. The van der Waals surface area contributed by atoms with Gasteiger partial charge in [0.1, 0.15) is 6.54 Å². The fourth-order valence-corrected chi connectivity index (χ4v) is 1.97. The Morgan fingerprint density at radius 3 is 2.48 bits per heavy atom. The molecule has 1 aromatic carbocycles. The third-order valence-corrected chi connectivity index (χ3v) is 3.50. The minimum Gasteiger partial charge on any atom is -0.324 e. The first kappa shape index (κ1) is 15.0. The fourth-order valence-electron chi connectivity index (χ4n) is 1.83. The molecule has 0 aliphatic rings. The number of benzene rings is 1. The molecule has 2 aromatic rings. The Morgan fingerprint density at radius 1 is 1.38 bits per heavy atom. The number of nitrogens with zero attached hydrogens (tertiary/aromatic N) is 3. The number of rotatable bonds is 4. The lowest BCUT2D eigenvalue weighted by Gasteiger charge is -2.06. The van der Waals surface area contributed by atoms with Gasteiger partial charge in [-0.1, -0.05) is 11.6 Å². The lowest BCUT2D eigenvalue weighted by molar-refractivity contribution is -0.384. The van der Waals surface area contributed by atoms with Crippen LogP contribution in [0.4, 0.5) is 11.4 Å². The Balaban J connectivity index is 2.04. The molecule has 0 bridgehead atoms. The minimum atomic E-state index is -0.497. The first-order chi connectivity index (χ1) is 9.88. The molecule has 0 radical (unpaired) electrons. The number of aromatic nitrogens is 2. The Hall–Kier alpha value is -2.41. The minimum absolute atomic E-state index is 0.0242. The number of aryl methyl sites for hydroxylation is 1. The predicted octanol–water partition coefficient (Wildman–Crippen LogP) is 2.70. The van der Waals surface area contributed by atoms with Crippen LogP contribution in [0.2, 0.25) is 5.02 Å². The number of hydrogen-bond donors (Lipinski definition) is 1. The molecule has 0 fully saturated rings. The van der Waals surface area contributed by atoms with Gasteiger partial charge in [0, 0.05) is 17.8 Å². The van der Waals surface area contributed by atoms with Crippen molar-refractivity contribution in [2.75, 3.05) is 5.32 Å². The number of non-ortho nitro benzene ring substituents is 1. The van der Waals surface area contributed by atoms with Gasteiger partial charge in [-0.15, -0.1) is 0 Å². The number of hydrogen-bond acceptors (Lipinski definition) is 4. The summed E-state index contributed by atoms with van der Waals surface area (Å²) >= 11 is 6.01. The highest BCUT2D eigenvalue weighted by molar-refractivity contribution is 6.31. The van der Waals surface area contributed by atoms with Gasteiger partial charge in [0.05, 0.1) is 21.3 Å². The third-order valence-electron chi connectivity index (χ3n) is 2.95. The van der Waals surface area contributed by atoms with Crippen LogP contribution in [0.5, 0.6) is 0 Å². The Bertz CT molecular complexity index is 694. The molecular formula is C13H13ClN4O3. The first-order valence-corrected chi connectivity index (χ1v) is 6.50. The number of amides is 1. The molecule has 1 heterocycles. The van der Waals surface area contributed by atoms with E-state index in [0.717, 1.165) is 0 Å². The van der Waals surface area contributed by atoms with E-state index in [-0.39, 0.29) is 18.1 Å². The summed E-state index contributed by atoms with van der Waals surface area (Å²) in [5.74, 6) is -0.286. The van der Waals surface area contributed by atoms with E-state index in [4.69, 9.17) is 11.6 Å². The standard InChI is InChI=1S/C13H13ClN4O3/c1-8-13(14)9(2)17(16-8)7-12(19)15-10-3-5-11(6-4-10)18(20)21/h3-6H,7H2,1-2H3,(H,15,19). The number of halogens is 1. The normalized spacial score (nSPS) is 10.4. The van der Waals surface area contributed by atoms with E-state index in [9.17, 15) is 14.9 Å². The van der Waals surface area contributed by atoms with Gasteiger partial charge in [0.25, 0.3) is 5.69 Å². The fraction of sp³-hybridized carbons (Fsp3) is 0.231. The summed E-state index contributed by atoms with van der Waals surface area (Å²) in [5, 5.41) is 17.9. The Labute approximate surface area is 125 Å². The van der Waals surface area contributed by atoms with Crippen LogP contribution in [-0.4, -0.2) is 20.6 Å². The van der Waals surface area contributed by atoms with Crippen molar-refractivity contribution >= 4 is 28.9 Å². The molecule has 21 heavy (non-hydrogen) atoms. The highest BCUT2D eigenvalue weighted by atomic mass is 35.5. The molecule has 1 aromatic heterocycles. The van der Waals surface area contributed by atoms with Crippen LogP contribution >= 0.6 is 11.6 Å². The van der Waals surface area contributed by atoms with Crippen molar-refractivity contribution in [2.24, 2.45) is 0 Å². The van der Waals surface area contributed by atoms with E-state index >= 15 is 0 Å². The van der Waals surface area contributed by atoms with Gasteiger partial charge in [0.15, 0.2) is 0 Å². The van der Waals surface area contributed by atoms with Crippen LogP contribution in [0.15, 0.2) is 24.3 Å². The van der Waals surface area contributed by atoms with Crippen molar-refractivity contribution < 1.29 is 9.72 Å². The molecule has 0 saturated carbocycles. The Morgan fingerprint density at radius 2 is 2.00 bits per heavy atom. The van der Waals surface area contributed by atoms with Crippen LogP contribution in [0.3, 0.4) is 0 Å². The summed E-state index contributed by atoms with van der Waals surface area (Å²) in [6.07, 6.45) is 0. The zero-order valence-electron chi connectivity index (χ0n) is 11.5. The maximum absolute atomic E-state index is 11.9. The average Bonchev–Trinajstić information content (AvgIpc) is 2.67. The van der Waals surface area contributed by atoms with Crippen LogP contribution in [0.1, 0.15) is 11.4 Å². The Kier molecular flexibility index (Phi) is 4.23. The molecular weight excluding hydrogens is 296 g/mol. The zero-order valence-corrected chi connectivity index (χ0v) is 12.2. The van der Waals surface area contributed by atoms with Crippen LogP contribution < -0.4 is 5.32 Å². The molecule has 110 valence electrons. The van der Waals surface area contributed by atoms with Crippen molar-refractivity contribution in [2.45, 2.75) is 20.4 Å². The van der Waals surface area contributed by atoms with Crippen LogP contribution in [-0.2, 0) is 11.3 Å². The van der Waals surface area contributed by atoms with Gasteiger partial charge in [-0.2, -0.15) is 5.10 Å². The first-order valence-electron chi connectivity index (χ1n) is 6.12. The predicted molar refractivity (Wildman–Crippen MR) is 78.4 cm³/mol. The topological polar surface area (TPSA) is 90.1 Å². The van der Waals surface area contributed by atoms with Gasteiger partial charge in [0.2, 0.25) is 5.91 Å². The monoisotopic (exact) mass is 308 g/mol. The van der Waals surface area contributed by atoms with Crippen molar-refractivity contribution in [3.8, 4) is 0 Å². The summed E-state index contributed by atoms with van der Waals surface area (Å²) < 4.78 is 1.51. The lowest BCUT2D eigenvalue weighted by Crippen LogP contribution is -2.20. The molecule has 2 rings (SSSR count). The lowest BCUT2D eigenvalue weighted by atomic mass is 10.3. The maximum Gasteiger partial charge on any atom is 0.269 e. The van der Waals surface area contributed by atoms with Gasteiger partial charge in [-0.25, -0.2) is 0 Å². The third kappa shape index (κ3) is 3.38. The summed E-state index contributed by atoms with van der Waals surface area (Å²) in [6.45, 7) is 3.57. The average molecular weight is 309 g/mol. The number of nitro groups is 1. The van der Waals surface area contributed by atoms with Gasteiger partial charge >= 0.3 is 0 Å². The number of carbonyl (C=O) groups is 1. The van der Waals surface area contributed by atoms with Gasteiger partial charge < -0.3 is 5.32 Å². The molecule has 1 amide bonds. The van der Waals surface area contributed by atoms with E-state index in [0.29, 0.717) is 22.1 Å². The van der Waals surface area contributed by atoms with E-state index < -0.39 is 4.92 Å². The van der Waals surface area contributed by atoms with Crippen molar-refractivity contribution in [3.63, 3.8) is 0 Å². The van der Waals surface area contributed by atoms with Crippen molar-refractivity contribution in [1.82, 2.24) is 9.78 Å². The van der Waals surface area contributed by atoms with E-state index in [2.05, 4.69) is 10.4 Å². The molecule has 0 saturated heterocycles. The van der Waals surface area contributed by atoms with Crippen LogP contribution in [0.25, 0.3) is 0 Å². The molecule has 8 heteroatoms. The maximum atomic E-state index is 11.9. The zero-order chi connectivity index (χ0) is 15.6. The molecule has 0 aliphatic carbocycles. The summed E-state index contributed by atoms with van der Waals surface area (Å²) in [6, 6.07) is 5.61. The molecule has 0 aliphatic heterocycles. The SMILES string of the molecule is Cc1nn(CC(=O)Nc2ccc([N+](=O)[O-])cc2)c(C)c1Cl. The van der Waals surface area contributed by atoms with E-state index in [1.54, 1.807) is 13.8 Å². The smallest absolute Gasteiger partial charge is 0.269 e. The summed E-state index contributed by atoms with van der Waals surface area (Å²) in [5.41, 5.74) is 1.84. The van der Waals surface area contributed by atoms with Crippen molar-refractivity contribution in [1.29, 1.82) is 0 Å². The number of nitrogens with one attached hydrogen (secondary N) is 1. The quantitative estimate of drug-likeness (QED) is 0.694. The molecule has 0 unspecified atom stereocenters. The largest absolute Gasteiger partial charge is 0.324 e. The number of anilines is 1. The van der Waals surface area contributed by atoms with Gasteiger partial charge in [-0.05, 0) is 26.0 Å². The second-order valence-corrected chi connectivity index (χ2v) is 4.87. The highest BCUT2D eigenvalue weighted by Gasteiger charge is 2.12. The molecule has 1 N–H and O–H groups in total. The van der Waals surface area contributed by atoms with Gasteiger partial charge in [-0.3, -0.25) is 19.6 Å². The van der Waals surface area contributed by atoms with Crippen LogP contribution in [0, 0.1) is 24.0 Å². The molecule has 0 atom stereocenters.